The van der Waals surface area contributed by atoms with Crippen molar-refractivity contribution in [2.75, 3.05) is 27.7 Å². The average molecular weight is 233 g/mol. The van der Waals surface area contributed by atoms with Gasteiger partial charge in [0.2, 0.25) is 0 Å². The molecule has 0 radical (unpaired) electrons. The Bertz CT molecular complexity index is 402. The number of benzene rings is 1. The summed E-state index contributed by atoms with van der Waals surface area (Å²) in [6.07, 6.45) is 0.891. The number of carbonyl (C=O) groups excluding carboxylic acids is 1. The monoisotopic (exact) mass is 233 g/mol. The highest BCUT2D eigenvalue weighted by atomic mass is 16.5. The lowest BCUT2D eigenvalue weighted by molar-refractivity contribution is -0.144. The van der Waals surface area contributed by atoms with Crippen LogP contribution >= 0.6 is 0 Å². The standard InChI is InChI=1S/C14H19NO2/c1-15(2)10-12-9-14(12,13(16)17-3)11-7-5-4-6-8-11/h4-8,12H,9-10H2,1-3H3. The molecule has 1 aromatic carbocycles. The number of hydrogen-bond acceptors (Lipinski definition) is 3. The van der Waals surface area contributed by atoms with Gasteiger partial charge in [0.05, 0.1) is 12.5 Å². The summed E-state index contributed by atoms with van der Waals surface area (Å²) in [7, 11) is 5.54. The minimum Gasteiger partial charge on any atom is -0.468 e. The van der Waals surface area contributed by atoms with Crippen molar-refractivity contribution in [1.82, 2.24) is 4.90 Å². The van der Waals surface area contributed by atoms with Crippen LogP contribution in [0.1, 0.15) is 12.0 Å². The van der Waals surface area contributed by atoms with E-state index in [1.165, 1.54) is 7.11 Å². The van der Waals surface area contributed by atoms with E-state index in [9.17, 15) is 4.79 Å². The van der Waals surface area contributed by atoms with Crippen LogP contribution in [0, 0.1) is 5.92 Å². The zero-order valence-electron chi connectivity index (χ0n) is 10.6. The van der Waals surface area contributed by atoms with Gasteiger partial charge < -0.3 is 9.64 Å². The molecule has 2 atom stereocenters. The van der Waals surface area contributed by atoms with Crippen molar-refractivity contribution in [1.29, 1.82) is 0 Å². The number of hydrogen-bond donors (Lipinski definition) is 0. The zero-order valence-corrected chi connectivity index (χ0v) is 10.6. The fourth-order valence-corrected chi connectivity index (χ4v) is 2.63. The molecule has 0 heterocycles. The molecule has 17 heavy (non-hydrogen) atoms. The third kappa shape index (κ3) is 2.07. The van der Waals surface area contributed by atoms with E-state index in [1.54, 1.807) is 0 Å². The van der Waals surface area contributed by atoms with Crippen molar-refractivity contribution < 1.29 is 9.53 Å². The highest BCUT2D eigenvalue weighted by Gasteiger charge is 2.61. The molecular formula is C14H19NO2. The fraction of sp³-hybridized carbons (Fsp3) is 0.500. The first-order valence-electron chi connectivity index (χ1n) is 5.90. The van der Waals surface area contributed by atoms with Crippen LogP contribution in [0.3, 0.4) is 0 Å². The fourth-order valence-electron chi connectivity index (χ4n) is 2.63. The molecule has 0 N–H and O–H groups in total. The summed E-state index contributed by atoms with van der Waals surface area (Å²) in [6, 6.07) is 9.97. The highest BCUT2D eigenvalue weighted by Crippen LogP contribution is 2.55. The Morgan fingerprint density at radius 3 is 2.59 bits per heavy atom. The Morgan fingerprint density at radius 2 is 2.06 bits per heavy atom. The van der Waals surface area contributed by atoms with Crippen molar-refractivity contribution in [3.05, 3.63) is 35.9 Å². The summed E-state index contributed by atoms with van der Waals surface area (Å²) in [5, 5.41) is 0. The van der Waals surface area contributed by atoms with E-state index >= 15 is 0 Å². The third-order valence-electron chi connectivity index (χ3n) is 3.53. The summed E-state index contributed by atoms with van der Waals surface area (Å²) >= 11 is 0. The first kappa shape index (κ1) is 12.1. The molecule has 0 aliphatic heterocycles. The second-order valence-electron chi connectivity index (χ2n) is 4.99. The Labute approximate surface area is 102 Å². The molecule has 1 aliphatic rings. The lowest BCUT2D eigenvalue weighted by atomic mass is 9.93. The Balaban J connectivity index is 2.26. The second kappa shape index (κ2) is 4.49. The molecule has 0 amide bonds. The maximum Gasteiger partial charge on any atom is 0.316 e. The van der Waals surface area contributed by atoms with E-state index in [-0.39, 0.29) is 5.97 Å². The smallest absolute Gasteiger partial charge is 0.316 e. The molecule has 92 valence electrons. The van der Waals surface area contributed by atoms with E-state index in [4.69, 9.17) is 4.74 Å². The number of nitrogens with zero attached hydrogens (tertiary/aromatic N) is 1. The summed E-state index contributed by atoms with van der Waals surface area (Å²) < 4.78 is 4.99. The molecule has 1 aliphatic carbocycles. The molecule has 2 unspecified atom stereocenters. The SMILES string of the molecule is COC(=O)C1(c2ccccc2)CC1CN(C)C. The van der Waals surface area contributed by atoms with Crippen LogP contribution < -0.4 is 0 Å². The first-order valence-corrected chi connectivity index (χ1v) is 5.90. The first-order chi connectivity index (χ1) is 8.11. The van der Waals surface area contributed by atoms with E-state index in [0.717, 1.165) is 18.5 Å². The largest absolute Gasteiger partial charge is 0.468 e. The number of methoxy groups -OCH3 is 1. The lowest BCUT2D eigenvalue weighted by Gasteiger charge is -2.17. The van der Waals surface area contributed by atoms with E-state index in [0.29, 0.717) is 5.92 Å². The molecule has 0 spiro atoms. The molecule has 1 saturated carbocycles. The number of rotatable bonds is 4. The Kier molecular flexibility index (Phi) is 3.20. The summed E-state index contributed by atoms with van der Waals surface area (Å²) in [6.45, 7) is 0.921. The summed E-state index contributed by atoms with van der Waals surface area (Å²) in [4.78, 5) is 14.2. The van der Waals surface area contributed by atoms with Crippen LogP contribution in [0.15, 0.2) is 30.3 Å². The maximum atomic E-state index is 12.0. The number of ether oxygens (including phenoxy) is 1. The van der Waals surface area contributed by atoms with Gasteiger partial charge in [-0.3, -0.25) is 4.79 Å². The van der Waals surface area contributed by atoms with E-state index in [1.807, 2.05) is 44.4 Å². The minimum atomic E-state index is -0.402. The predicted octanol–water partition coefficient (Wildman–Crippen LogP) is 1.68. The van der Waals surface area contributed by atoms with Gasteiger partial charge in [0, 0.05) is 6.54 Å². The predicted molar refractivity (Wildman–Crippen MR) is 66.8 cm³/mol. The molecule has 3 nitrogen and oxygen atoms in total. The van der Waals surface area contributed by atoms with Gasteiger partial charge in [-0.25, -0.2) is 0 Å². The number of esters is 1. The van der Waals surface area contributed by atoms with Crippen LogP contribution in [0.25, 0.3) is 0 Å². The minimum absolute atomic E-state index is 0.101. The quantitative estimate of drug-likeness (QED) is 0.741. The van der Waals surface area contributed by atoms with Gasteiger partial charge in [0.25, 0.3) is 0 Å². The molecule has 0 bridgehead atoms. The molecule has 0 aromatic heterocycles. The Hall–Kier alpha value is -1.35. The van der Waals surface area contributed by atoms with E-state index in [2.05, 4.69) is 4.90 Å². The van der Waals surface area contributed by atoms with Gasteiger partial charge in [-0.1, -0.05) is 30.3 Å². The van der Waals surface area contributed by atoms with Gasteiger partial charge in [-0.15, -0.1) is 0 Å². The molecule has 1 fully saturated rings. The molecule has 1 aromatic rings. The van der Waals surface area contributed by atoms with Crippen molar-refractivity contribution >= 4 is 5.97 Å². The topological polar surface area (TPSA) is 29.5 Å². The van der Waals surface area contributed by atoms with Crippen molar-refractivity contribution in [3.8, 4) is 0 Å². The van der Waals surface area contributed by atoms with Gasteiger partial charge in [-0.2, -0.15) is 0 Å². The molecular weight excluding hydrogens is 214 g/mol. The van der Waals surface area contributed by atoms with Gasteiger partial charge >= 0.3 is 5.97 Å². The Morgan fingerprint density at radius 1 is 1.41 bits per heavy atom. The van der Waals surface area contributed by atoms with Gasteiger partial charge in [-0.05, 0) is 32.0 Å². The maximum absolute atomic E-state index is 12.0. The zero-order chi connectivity index (χ0) is 12.5. The highest BCUT2D eigenvalue weighted by molar-refractivity contribution is 5.87. The van der Waals surface area contributed by atoms with Crippen LogP contribution in [0.5, 0.6) is 0 Å². The van der Waals surface area contributed by atoms with Crippen LogP contribution in [-0.2, 0) is 14.9 Å². The lowest BCUT2D eigenvalue weighted by Crippen LogP contribution is -2.28. The third-order valence-corrected chi connectivity index (χ3v) is 3.53. The van der Waals surface area contributed by atoms with Crippen molar-refractivity contribution in [2.45, 2.75) is 11.8 Å². The molecule has 0 saturated heterocycles. The second-order valence-corrected chi connectivity index (χ2v) is 4.99. The van der Waals surface area contributed by atoms with Gasteiger partial charge in [0.1, 0.15) is 0 Å². The average Bonchev–Trinajstić information content (AvgIpc) is 3.03. The van der Waals surface area contributed by atoms with Crippen LogP contribution in [0.4, 0.5) is 0 Å². The van der Waals surface area contributed by atoms with E-state index < -0.39 is 5.41 Å². The normalized spacial score (nSPS) is 26.9. The van der Waals surface area contributed by atoms with Crippen molar-refractivity contribution in [3.63, 3.8) is 0 Å². The molecule has 3 heteroatoms. The van der Waals surface area contributed by atoms with Crippen LogP contribution in [0.2, 0.25) is 0 Å². The number of carbonyl (C=O) groups is 1. The van der Waals surface area contributed by atoms with Gasteiger partial charge in [0.15, 0.2) is 0 Å². The summed E-state index contributed by atoms with van der Waals surface area (Å²) in [5.74, 6) is 0.267. The molecule has 2 rings (SSSR count). The van der Waals surface area contributed by atoms with Crippen molar-refractivity contribution in [2.24, 2.45) is 5.92 Å². The van der Waals surface area contributed by atoms with Crippen LogP contribution in [-0.4, -0.2) is 38.6 Å². The summed E-state index contributed by atoms with van der Waals surface area (Å²) in [5.41, 5.74) is 0.680.